The molecule has 0 radical (unpaired) electrons. The Kier molecular flexibility index (Phi) is 10.2. The summed E-state index contributed by atoms with van der Waals surface area (Å²) in [5, 5.41) is 2.24. The second-order valence-electron chi connectivity index (χ2n) is 16.0. The van der Waals surface area contributed by atoms with Gasteiger partial charge < -0.3 is 19.1 Å². The van der Waals surface area contributed by atoms with Gasteiger partial charge in [-0.25, -0.2) is 4.98 Å². The average Bonchev–Trinajstić information content (AvgIpc) is 3.80. The van der Waals surface area contributed by atoms with Crippen LogP contribution in [0.5, 0.6) is 11.5 Å². The Morgan fingerprint density at radius 3 is 1.93 bits per heavy atom. The van der Waals surface area contributed by atoms with Gasteiger partial charge in [-0.3, -0.25) is 0 Å². The number of benzene rings is 7. The van der Waals surface area contributed by atoms with Gasteiger partial charge in [0.25, 0.3) is 0 Å². The van der Waals surface area contributed by atoms with Crippen molar-refractivity contribution in [2.75, 3.05) is 9.80 Å². The molecule has 0 saturated heterocycles. The predicted molar refractivity (Wildman–Crippen MR) is 238 cm³/mol. The summed E-state index contributed by atoms with van der Waals surface area (Å²) in [7, 11) is 0. The predicted octanol–water partition coefficient (Wildman–Crippen LogP) is 13.9. The van der Waals surface area contributed by atoms with Gasteiger partial charge in [0.2, 0.25) is 0 Å². The molecular formula is C53H41N4OPt-3. The third-order valence-corrected chi connectivity index (χ3v) is 10.6. The number of para-hydroxylation sites is 4. The minimum Gasteiger partial charge on any atom is -0.509 e. The molecule has 0 aliphatic carbocycles. The fraction of sp³-hybridized carbons (Fsp3) is 0.0943. The molecule has 6 heteroatoms. The van der Waals surface area contributed by atoms with E-state index in [0.29, 0.717) is 11.5 Å². The smallest absolute Gasteiger partial charge is 0.135 e. The molecule has 292 valence electrons. The summed E-state index contributed by atoms with van der Waals surface area (Å²) in [6.45, 7) is 8.97. The van der Waals surface area contributed by atoms with Crippen LogP contribution in [-0.2, 0) is 27.5 Å². The van der Waals surface area contributed by atoms with Crippen LogP contribution in [0.15, 0.2) is 176 Å². The molecule has 0 unspecified atom stereocenters. The standard InChI is InChI=1S/C53H41N4O.Pt/c1-53(2,3)35-37-30-31-54-51(32-37)57-47-25-11-10-22-45(47)46-29-28-42(34-50(46)57)58-41-21-14-20-40(33-41)55-36-56(49-27-13-12-26-48(49)55)52-43(38-16-6-4-7-17-38)23-15-24-44(52)39-18-8-5-9-19-39;/h4-32,36H,35H2,1-3H3;/q-3;. The third-order valence-electron chi connectivity index (χ3n) is 10.6. The fourth-order valence-electron chi connectivity index (χ4n) is 8.22. The summed E-state index contributed by atoms with van der Waals surface area (Å²) < 4.78 is 8.82. The van der Waals surface area contributed by atoms with E-state index in [-0.39, 0.29) is 26.5 Å². The molecule has 0 bridgehead atoms. The van der Waals surface area contributed by atoms with Crippen molar-refractivity contribution in [1.29, 1.82) is 0 Å². The van der Waals surface area contributed by atoms with Crippen LogP contribution < -0.4 is 14.5 Å². The number of hydrogen-bond donors (Lipinski definition) is 0. The first-order valence-corrected chi connectivity index (χ1v) is 19.8. The molecule has 7 aromatic carbocycles. The Morgan fingerprint density at radius 2 is 1.22 bits per heavy atom. The van der Waals surface area contributed by atoms with Gasteiger partial charge in [-0.05, 0) is 64.2 Å². The number of fused-ring (bicyclic) bond motifs is 4. The zero-order valence-electron chi connectivity index (χ0n) is 33.0. The number of nitrogens with zero attached hydrogens (tertiary/aromatic N) is 4. The first kappa shape index (κ1) is 38.1. The van der Waals surface area contributed by atoms with E-state index in [4.69, 9.17) is 9.72 Å². The van der Waals surface area contributed by atoms with Gasteiger partial charge in [0.15, 0.2) is 0 Å². The Bertz CT molecular complexity index is 2880. The SMILES string of the molecule is CC(C)(C)Cc1ccnc(-n2c3[c-]c(Oc4[c-]c(N5[CH-]N(c6c(-c7ccccc7)cccc6-c6ccccc6)c6ccccc65)ccc4)ccc3c3ccccc32)c1.[Pt]. The maximum atomic E-state index is 6.62. The van der Waals surface area contributed by atoms with Crippen LogP contribution in [-0.4, -0.2) is 9.55 Å². The van der Waals surface area contributed by atoms with Crippen molar-refractivity contribution in [3.8, 4) is 39.6 Å². The average molecular weight is 945 g/mol. The topological polar surface area (TPSA) is 33.5 Å². The molecule has 0 fully saturated rings. The number of pyridine rings is 1. The number of ether oxygens (including phenoxy) is 1. The number of anilines is 4. The maximum absolute atomic E-state index is 6.62. The third kappa shape index (κ3) is 7.32. The molecule has 1 aliphatic heterocycles. The van der Waals surface area contributed by atoms with E-state index in [9.17, 15) is 0 Å². The van der Waals surface area contributed by atoms with Crippen LogP contribution in [0.1, 0.15) is 26.3 Å². The number of hydrogen-bond acceptors (Lipinski definition) is 4. The molecule has 5 nitrogen and oxygen atoms in total. The van der Waals surface area contributed by atoms with Crippen molar-refractivity contribution in [1.82, 2.24) is 9.55 Å². The van der Waals surface area contributed by atoms with E-state index in [1.54, 1.807) is 0 Å². The molecule has 1 aliphatic rings. The molecule has 0 N–H and O–H groups in total. The zero-order valence-corrected chi connectivity index (χ0v) is 35.3. The van der Waals surface area contributed by atoms with Crippen LogP contribution in [0.4, 0.5) is 22.7 Å². The van der Waals surface area contributed by atoms with Crippen LogP contribution in [0, 0.1) is 24.2 Å². The quantitative estimate of drug-likeness (QED) is 0.142. The van der Waals surface area contributed by atoms with Gasteiger partial charge >= 0.3 is 0 Å². The molecule has 3 heterocycles. The Labute approximate surface area is 360 Å². The van der Waals surface area contributed by atoms with Crippen LogP contribution in [0.3, 0.4) is 0 Å². The van der Waals surface area contributed by atoms with Gasteiger partial charge in [0.1, 0.15) is 5.82 Å². The van der Waals surface area contributed by atoms with Crippen molar-refractivity contribution in [2.45, 2.75) is 27.2 Å². The van der Waals surface area contributed by atoms with E-state index in [2.05, 4.69) is 206 Å². The normalized spacial score (nSPS) is 12.5. The molecule has 0 saturated carbocycles. The monoisotopic (exact) mass is 944 g/mol. The van der Waals surface area contributed by atoms with Crippen molar-refractivity contribution < 1.29 is 25.8 Å². The van der Waals surface area contributed by atoms with E-state index in [1.165, 1.54) is 5.56 Å². The Balaban J connectivity index is 0.00000449. The number of aromatic nitrogens is 2. The van der Waals surface area contributed by atoms with Gasteiger partial charge in [0.05, 0.1) is 0 Å². The van der Waals surface area contributed by atoms with Crippen molar-refractivity contribution in [3.05, 3.63) is 200 Å². The van der Waals surface area contributed by atoms with Crippen LogP contribution >= 0.6 is 0 Å². The fourth-order valence-corrected chi connectivity index (χ4v) is 8.22. The van der Waals surface area contributed by atoms with Gasteiger partial charge in [-0.2, -0.15) is 12.1 Å². The Hall–Kier alpha value is -6.42. The summed E-state index contributed by atoms with van der Waals surface area (Å²) in [4.78, 5) is 9.36. The first-order valence-electron chi connectivity index (χ1n) is 19.8. The summed E-state index contributed by atoms with van der Waals surface area (Å²) in [5.41, 5.74) is 12.1. The molecule has 0 spiro atoms. The van der Waals surface area contributed by atoms with Crippen molar-refractivity contribution in [3.63, 3.8) is 0 Å². The van der Waals surface area contributed by atoms with Crippen LogP contribution in [0.25, 0.3) is 49.9 Å². The van der Waals surface area contributed by atoms with E-state index in [1.807, 2.05) is 24.4 Å². The van der Waals surface area contributed by atoms with Gasteiger partial charge in [0, 0.05) is 72.5 Å². The Morgan fingerprint density at radius 1 is 0.593 bits per heavy atom. The summed E-state index contributed by atoms with van der Waals surface area (Å²) in [6.07, 6.45) is 2.86. The summed E-state index contributed by atoms with van der Waals surface area (Å²) in [5.74, 6) is 2.07. The largest absolute Gasteiger partial charge is 0.509 e. The maximum Gasteiger partial charge on any atom is 0.135 e. The van der Waals surface area contributed by atoms with Crippen molar-refractivity contribution >= 4 is 44.6 Å². The van der Waals surface area contributed by atoms with Gasteiger partial charge in [-0.15, -0.1) is 48.1 Å². The summed E-state index contributed by atoms with van der Waals surface area (Å²) >= 11 is 0. The second kappa shape index (κ2) is 15.7. The van der Waals surface area contributed by atoms with Crippen LogP contribution in [0.2, 0.25) is 0 Å². The molecule has 9 aromatic rings. The van der Waals surface area contributed by atoms with E-state index in [0.717, 1.165) is 79.0 Å². The second-order valence-corrected chi connectivity index (χ2v) is 16.0. The minimum absolute atomic E-state index is 0. The summed E-state index contributed by atoms with van der Waals surface area (Å²) in [6, 6.07) is 66.5. The molecule has 0 amide bonds. The molecule has 0 atom stereocenters. The molecule has 2 aromatic heterocycles. The molecular weight excluding hydrogens is 904 g/mol. The minimum atomic E-state index is 0. The molecule has 59 heavy (non-hydrogen) atoms. The van der Waals surface area contributed by atoms with Gasteiger partial charge in [-0.1, -0.05) is 135 Å². The van der Waals surface area contributed by atoms with E-state index < -0.39 is 0 Å². The number of rotatable bonds is 8. The van der Waals surface area contributed by atoms with E-state index >= 15 is 0 Å². The van der Waals surface area contributed by atoms with Crippen molar-refractivity contribution in [2.24, 2.45) is 5.41 Å². The molecule has 10 rings (SSSR count). The first-order chi connectivity index (χ1) is 28.4. The zero-order chi connectivity index (χ0) is 39.2.